The summed E-state index contributed by atoms with van der Waals surface area (Å²) in [6, 6.07) is 23.2. The molecule has 5 heteroatoms. The Balaban J connectivity index is 1.90. The first kappa shape index (κ1) is 18.5. The fourth-order valence-electron chi connectivity index (χ4n) is 3.90. The van der Waals surface area contributed by atoms with Crippen LogP contribution in [0.3, 0.4) is 0 Å². The number of benzene rings is 3. The number of fused-ring (bicyclic) bond motifs is 3. The first-order valence-corrected chi connectivity index (χ1v) is 10.0. The molecule has 0 amide bonds. The molecule has 0 saturated heterocycles. The molecule has 5 aromatic rings. The van der Waals surface area contributed by atoms with Crippen molar-refractivity contribution in [3.8, 4) is 11.1 Å². The largest absolute Gasteiger partial charge is 0.439 e. The number of para-hydroxylation sites is 2. The lowest BCUT2D eigenvalue weighted by Gasteiger charge is -2.09. The maximum absolute atomic E-state index is 13.4. The molecule has 0 saturated carbocycles. The molecule has 2 aromatic heterocycles. The highest BCUT2D eigenvalue weighted by Gasteiger charge is 2.23. The van der Waals surface area contributed by atoms with E-state index in [0.717, 1.165) is 27.7 Å². The van der Waals surface area contributed by atoms with Crippen LogP contribution in [0.2, 0.25) is 5.02 Å². The van der Waals surface area contributed by atoms with Crippen LogP contribution in [-0.4, -0.2) is 4.57 Å². The number of furan rings is 1. The summed E-state index contributed by atoms with van der Waals surface area (Å²) in [7, 11) is 1.79. The highest BCUT2D eigenvalue weighted by Crippen LogP contribution is 2.41. The van der Waals surface area contributed by atoms with Gasteiger partial charge in [0, 0.05) is 23.1 Å². The minimum absolute atomic E-state index is 0.111. The van der Waals surface area contributed by atoms with Gasteiger partial charge in [-0.25, -0.2) is 0 Å². The molecule has 2 heterocycles. The fraction of sp³-hybridized carbons (Fsp3) is 0.0800. The van der Waals surface area contributed by atoms with E-state index in [1.165, 1.54) is 0 Å². The van der Waals surface area contributed by atoms with Crippen molar-refractivity contribution < 1.29 is 4.42 Å². The van der Waals surface area contributed by atoms with Gasteiger partial charge in [0.1, 0.15) is 0 Å². The van der Waals surface area contributed by atoms with Gasteiger partial charge in [-0.1, -0.05) is 54.1 Å². The van der Waals surface area contributed by atoms with Gasteiger partial charge in [0.15, 0.2) is 5.58 Å². The molecule has 0 unspecified atom stereocenters. The maximum Gasteiger partial charge on any atom is 0.262 e. The van der Waals surface area contributed by atoms with Crippen LogP contribution in [0.15, 0.2) is 82.0 Å². The van der Waals surface area contributed by atoms with Crippen molar-refractivity contribution in [2.75, 3.05) is 5.32 Å². The molecular formula is C25H19ClN2O2. The first-order chi connectivity index (χ1) is 14.5. The van der Waals surface area contributed by atoms with E-state index in [2.05, 4.69) is 5.32 Å². The van der Waals surface area contributed by atoms with Crippen LogP contribution in [0.5, 0.6) is 0 Å². The van der Waals surface area contributed by atoms with E-state index in [1.807, 2.05) is 79.7 Å². The Bertz CT molecular complexity index is 1480. The van der Waals surface area contributed by atoms with E-state index >= 15 is 0 Å². The minimum Gasteiger partial charge on any atom is -0.439 e. The van der Waals surface area contributed by atoms with Crippen molar-refractivity contribution in [3.63, 3.8) is 0 Å². The third kappa shape index (κ3) is 2.88. The van der Waals surface area contributed by atoms with E-state index in [-0.39, 0.29) is 5.56 Å². The van der Waals surface area contributed by atoms with Crippen molar-refractivity contribution in [2.24, 2.45) is 7.05 Å². The lowest BCUT2D eigenvalue weighted by molar-refractivity contribution is 0.637. The number of hydrogen-bond acceptors (Lipinski definition) is 3. The normalized spacial score (nSPS) is 11.3. The van der Waals surface area contributed by atoms with Gasteiger partial charge in [-0.2, -0.15) is 0 Å². The lowest BCUT2D eigenvalue weighted by atomic mass is 10.0. The van der Waals surface area contributed by atoms with Crippen LogP contribution < -0.4 is 10.9 Å². The van der Waals surface area contributed by atoms with Gasteiger partial charge < -0.3 is 14.3 Å². The minimum atomic E-state index is -0.111. The molecule has 148 valence electrons. The summed E-state index contributed by atoms with van der Waals surface area (Å²) in [5, 5.41) is 5.42. The number of nitrogens with zero attached hydrogens (tertiary/aromatic N) is 1. The molecule has 3 aromatic carbocycles. The lowest BCUT2D eigenvalue weighted by Crippen LogP contribution is -2.17. The molecule has 0 aliphatic rings. The number of rotatable bonds is 3. The number of hydrogen-bond donors (Lipinski definition) is 1. The van der Waals surface area contributed by atoms with Crippen LogP contribution in [0.4, 0.5) is 11.6 Å². The zero-order valence-corrected chi connectivity index (χ0v) is 17.3. The maximum atomic E-state index is 13.4. The van der Waals surface area contributed by atoms with Gasteiger partial charge in [-0.05, 0) is 48.4 Å². The monoisotopic (exact) mass is 414 g/mol. The van der Waals surface area contributed by atoms with E-state index in [4.69, 9.17) is 16.0 Å². The third-order valence-electron chi connectivity index (χ3n) is 5.44. The van der Waals surface area contributed by atoms with E-state index < -0.39 is 0 Å². The molecule has 1 N–H and O–H groups in total. The number of pyridine rings is 1. The van der Waals surface area contributed by atoms with Crippen molar-refractivity contribution in [2.45, 2.75) is 6.92 Å². The van der Waals surface area contributed by atoms with Crippen LogP contribution in [0.25, 0.3) is 33.0 Å². The molecule has 5 rings (SSSR count). The Morgan fingerprint density at radius 2 is 1.73 bits per heavy atom. The Morgan fingerprint density at radius 3 is 2.53 bits per heavy atom. The van der Waals surface area contributed by atoms with Crippen LogP contribution in [-0.2, 0) is 7.05 Å². The van der Waals surface area contributed by atoms with Gasteiger partial charge in [0.25, 0.3) is 5.56 Å². The topological polar surface area (TPSA) is 47.2 Å². The Hall–Kier alpha value is -3.50. The van der Waals surface area contributed by atoms with E-state index in [1.54, 1.807) is 11.6 Å². The molecule has 0 bridgehead atoms. The van der Waals surface area contributed by atoms with Crippen LogP contribution in [0.1, 0.15) is 5.56 Å². The van der Waals surface area contributed by atoms with Crippen LogP contribution in [0, 0.1) is 6.92 Å². The summed E-state index contributed by atoms with van der Waals surface area (Å²) < 4.78 is 8.00. The zero-order chi connectivity index (χ0) is 20.8. The van der Waals surface area contributed by atoms with E-state index in [0.29, 0.717) is 27.4 Å². The number of anilines is 2. The Morgan fingerprint density at radius 1 is 0.967 bits per heavy atom. The molecule has 0 aliphatic carbocycles. The molecule has 0 aliphatic heterocycles. The fourth-order valence-corrected chi connectivity index (χ4v) is 4.09. The molecular weight excluding hydrogens is 396 g/mol. The predicted octanol–water partition coefficient (Wildman–Crippen LogP) is 6.66. The van der Waals surface area contributed by atoms with Gasteiger partial charge >= 0.3 is 0 Å². The smallest absolute Gasteiger partial charge is 0.262 e. The Kier molecular flexibility index (Phi) is 4.37. The Labute approximate surface area is 178 Å². The van der Waals surface area contributed by atoms with Crippen molar-refractivity contribution in [1.29, 1.82) is 0 Å². The average molecular weight is 415 g/mol. The number of aromatic nitrogens is 1. The summed E-state index contributed by atoms with van der Waals surface area (Å²) in [5.74, 6) is 0.523. The standard InChI is InChI=1S/C25H19ClN2O2/c1-15-8-3-5-12-19(15)27-24-21(16-9-7-10-17(26)14-16)22-23(30-24)18-11-4-6-13-20(18)28(2)25(22)29/h3-14,27H,1-2H3. The van der Waals surface area contributed by atoms with Crippen molar-refractivity contribution in [1.82, 2.24) is 4.57 Å². The van der Waals surface area contributed by atoms with Gasteiger partial charge in [0.05, 0.1) is 16.5 Å². The second-order valence-corrected chi connectivity index (χ2v) is 7.78. The second kappa shape index (κ2) is 7.08. The summed E-state index contributed by atoms with van der Waals surface area (Å²) in [5.41, 5.74) is 4.81. The molecule has 0 atom stereocenters. The highest BCUT2D eigenvalue weighted by atomic mass is 35.5. The molecule has 30 heavy (non-hydrogen) atoms. The molecule has 0 radical (unpaired) electrons. The molecule has 0 spiro atoms. The van der Waals surface area contributed by atoms with Gasteiger partial charge in [0.2, 0.25) is 5.88 Å². The van der Waals surface area contributed by atoms with Gasteiger partial charge in [-0.3, -0.25) is 4.79 Å². The average Bonchev–Trinajstić information content (AvgIpc) is 3.13. The first-order valence-electron chi connectivity index (χ1n) is 9.67. The number of nitrogens with one attached hydrogen (secondary N) is 1. The predicted molar refractivity (Wildman–Crippen MR) is 124 cm³/mol. The highest BCUT2D eigenvalue weighted by molar-refractivity contribution is 6.31. The second-order valence-electron chi connectivity index (χ2n) is 7.34. The summed E-state index contributed by atoms with van der Waals surface area (Å²) >= 11 is 6.28. The van der Waals surface area contributed by atoms with Crippen molar-refractivity contribution >= 4 is 45.0 Å². The zero-order valence-electron chi connectivity index (χ0n) is 16.6. The summed E-state index contributed by atoms with van der Waals surface area (Å²) in [4.78, 5) is 13.4. The van der Waals surface area contributed by atoms with E-state index in [9.17, 15) is 4.79 Å². The molecule has 4 nitrogen and oxygen atoms in total. The molecule has 0 fully saturated rings. The third-order valence-corrected chi connectivity index (χ3v) is 5.68. The number of aryl methyl sites for hydroxylation is 2. The van der Waals surface area contributed by atoms with Crippen LogP contribution >= 0.6 is 11.6 Å². The summed E-state index contributed by atoms with van der Waals surface area (Å²) in [6.07, 6.45) is 0. The van der Waals surface area contributed by atoms with Gasteiger partial charge in [-0.15, -0.1) is 0 Å². The summed E-state index contributed by atoms with van der Waals surface area (Å²) in [6.45, 7) is 2.03. The SMILES string of the molecule is Cc1ccccc1Nc1oc2c(c1-c1cccc(Cl)c1)c(=O)n(C)c1ccccc21. The van der Waals surface area contributed by atoms with Crippen molar-refractivity contribution in [3.05, 3.63) is 93.7 Å². The number of halogens is 1. The quantitative estimate of drug-likeness (QED) is 0.359.